The van der Waals surface area contributed by atoms with Crippen molar-refractivity contribution in [2.24, 2.45) is 0 Å². The van der Waals surface area contributed by atoms with Crippen LogP contribution < -0.4 is 66.2 Å². The van der Waals surface area contributed by atoms with Gasteiger partial charge in [-0.2, -0.15) is 0 Å². The number of carbonyl (C=O) groups is 9. The van der Waals surface area contributed by atoms with Gasteiger partial charge in [0.05, 0.1) is 16.7 Å². The molecule has 636 valence electrons. The van der Waals surface area contributed by atoms with E-state index in [1.54, 1.807) is 0 Å². The Morgan fingerprint density at radius 3 is 1.86 bits per heavy atom. The first-order valence-corrected chi connectivity index (χ1v) is 38.8. The van der Waals surface area contributed by atoms with Crippen LogP contribution in [0.4, 0.5) is 0 Å². The summed E-state index contributed by atoms with van der Waals surface area (Å²) in [4.78, 5) is 135. The smallest absolute Gasteiger partial charge is 0.335 e. The van der Waals surface area contributed by atoms with Crippen molar-refractivity contribution in [3.05, 3.63) is 164 Å². The molecule has 7 aromatic carbocycles. The van der Waals surface area contributed by atoms with Gasteiger partial charge >= 0.3 is 11.9 Å². The number of aliphatic carboxylic acids is 2. The number of rotatable bonds is 17. The molecular weight excluding hydrogens is 1620 g/mol. The van der Waals surface area contributed by atoms with Crippen molar-refractivity contribution in [3.63, 3.8) is 0 Å². The highest BCUT2D eigenvalue weighted by molar-refractivity contribution is 6.33. The summed E-state index contributed by atoms with van der Waals surface area (Å²) in [6.07, 6.45) is -16.4. The maximum atomic E-state index is 16.6. The van der Waals surface area contributed by atoms with Crippen LogP contribution >= 0.6 is 23.2 Å². The van der Waals surface area contributed by atoms with Gasteiger partial charge in [0.2, 0.25) is 59.7 Å². The van der Waals surface area contributed by atoms with Gasteiger partial charge in [0.15, 0.2) is 35.1 Å². The molecule has 17 bridgehead atoms. The minimum atomic E-state index is -2.47. The molecule has 0 radical (unpaired) electrons. The molecule has 8 aliphatic heterocycles. The fourth-order valence-electron chi connectivity index (χ4n) is 14.9. The van der Waals surface area contributed by atoms with Crippen LogP contribution in [0.15, 0.2) is 115 Å². The fraction of sp³-hybridized carbons (Fsp3) is 0.370. The number of carboxylic acids is 2. The Morgan fingerprint density at radius 1 is 0.525 bits per heavy atom. The second-order valence-corrected chi connectivity index (χ2v) is 30.2. The van der Waals surface area contributed by atoms with E-state index in [0.29, 0.717) is 12.8 Å². The zero-order valence-electron chi connectivity index (χ0n) is 63.5. The summed E-state index contributed by atoms with van der Waals surface area (Å²) < 4.78 is 43.9. The van der Waals surface area contributed by atoms with Gasteiger partial charge in [0, 0.05) is 47.2 Å². The average Bonchev–Trinajstić information content (AvgIpc) is 0.763. The number of fused-ring (bicyclic) bond motifs is 14. The third kappa shape index (κ3) is 18.2. The average molecular weight is 1700 g/mol. The van der Waals surface area contributed by atoms with Gasteiger partial charge in [-0.3, -0.25) is 33.6 Å². The van der Waals surface area contributed by atoms with Gasteiger partial charge < -0.3 is 142 Å². The monoisotopic (exact) mass is 1700 g/mol. The first kappa shape index (κ1) is 86.0. The van der Waals surface area contributed by atoms with Crippen LogP contribution in [0.3, 0.4) is 0 Å². The van der Waals surface area contributed by atoms with E-state index in [4.69, 9.17) is 56.4 Å². The van der Waals surface area contributed by atoms with E-state index in [0.717, 1.165) is 105 Å². The van der Waals surface area contributed by atoms with E-state index >= 15 is 24.0 Å². The molecule has 18 atom stereocenters. The number of hydrogen-bond acceptors (Lipinski definition) is 28. The molecule has 8 heterocycles. The van der Waals surface area contributed by atoms with Crippen molar-refractivity contribution < 1.29 is 143 Å². The van der Waals surface area contributed by atoms with Gasteiger partial charge in [-0.15, -0.1) is 0 Å². The predicted molar refractivity (Wildman–Crippen MR) is 414 cm³/mol. The molecule has 37 nitrogen and oxygen atoms in total. The fourth-order valence-corrected chi connectivity index (χ4v) is 15.3. The van der Waals surface area contributed by atoms with Crippen LogP contribution in [0.1, 0.15) is 134 Å². The highest BCUT2D eigenvalue weighted by Gasteiger charge is 2.52. The van der Waals surface area contributed by atoms with Crippen LogP contribution in [0.2, 0.25) is 10.0 Å². The number of aromatic hydroxyl groups is 4. The Kier molecular flexibility index (Phi) is 26.1. The molecule has 0 spiro atoms. The molecule has 7 aromatic rings. The number of unbranched alkanes of at least 4 members (excludes halogenated alkanes) is 6. The molecule has 120 heavy (non-hydrogen) atoms. The minimum Gasteiger partial charge on any atom is -0.508 e. The summed E-state index contributed by atoms with van der Waals surface area (Å²) in [5.41, 5.74) is -3.29. The topological polar surface area (TPSA) is 577 Å². The molecule has 2 saturated heterocycles. The number of ether oxygens (including phenoxy) is 7. The third-order valence-electron chi connectivity index (χ3n) is 21.2. The zero-order valence-corrected chi connectivity index (χ0v) is 65.0. The number of likely N-dealkylation sites (N-methyl/N-ethyl adjacent to an activating group) is 1. The number of aliphatic hydroxyl groups excluding tert-OH is 7. The van der Waals surface area contributed by atoms with Gasteiger partial charge in [-0.25, -0.2) is 9.59 Å². The Hall–Kier alpha value is -11.8. The second kappa shape index (κ2) is 36.4. The van der Waals surface area contributed by atoms with Crippen LogP contribution in [0.25, 0.3) is 11.1 Å². The lowest BCUT2D eigenvalue weighted by Crippen LogP contribution is -2.66. The number of halogens is 2. The molecule has 0 saturated carbocycles. The molecule has 7 amide bonds. The summed E-state index contributed by atoms with van der Waals surface area (Å²) >= 11 is 14.1. The van der Waals surface area contributed by atoms with Crippen molar-refractivity contribution in [2.75, 3.05) is 13.7 Å². The van der Waals surface area contributed by atoms with E-state index in [1.165, 1.54) is 49.5 Å². The van der Waals surface area contributed by atoms with E-state index in [9.17, 15) is 85.6 Å². The highest BCUT2D eigenvalue weighted by Crippen LogP contribution is 2.50. The summed E-state index contributed by atoms with van der Waals surface area (Å²) in [5.74, 6) is -19.5. The minimum absolute atomic E-state index is 0.151. The van der Waals surface area contributed by atoms with Gasteiger partial charge in [0.1, 0.15) is 125 Å². The lowest BCUT2D eigenvalue weighted by molar-refractivity contribution is -0.277. The van der Waals surface area contributed by atoms with Gasteiger partial charge in [-0.1, -0.05) is 99.0 Å². The normalized spacial score (nSPS) is 26.7. The zero-order chi connectivity index (χ0) is 86.0. The molecular formula is C81H84Cl2N8O29. The first-order valence-electron chi connectivity index (χ1n) is 38.1. The van der Waals surface area contributed by atoms with Crippen molar-refractivity contribution in [2.45, 2.75) is 174 Å². The standard InChI is InChI=1S/C81H84Cl2N8O29/c1-3-4-5-6-7-8-9-10-54(97)86-63-66(100)68(102)71(79(112)113)120-80(63)119-70-51-25-36-26-52(70)116-48-20-15-35(23-43(48)82)64(98)62-77(109)90-61(78(110)111)41-27-37(93)28-50(117-81-69(103)67(101)65(99)53(31-92)118-81)55(41)40-22-33(13-18-45(40)94)58(74(106)91-62)87-75(107)59(36)88-76(108)60-42-29-39(30-47(96)56(42)83)115-49-24-34(14-19-46(49)95)57(84-2)73(105)85-44(72(104)89-60)21-32-11-16-38(114-51)17-12-32/h11-20,22-30,44,53,57-69,71,80-81,84,92-96,98-103H,3-10,21,31H2,1-2H3,(H,85,105)(H,86,97)(H,87,107)(H,88,108)(H,89,104)(H,90,109)(H,91,106)(H,110,111)(H,112,113)/t44-,53-,57-,58-,59-,60+,61+,62+,63-,64-,65-,66-,67+,68+,69+,71+,80-,81+/m1/s1. The maximum Gasteiger partial charge on any atom is 0.335 e. The number of amides is 7. The number of carbonyl (C=O) groups excluding carboxylic acids is 7. The van der Waals surface area contributed by atoms with Crippen LogP contribution in [0.5, 0.6) is 69.0 Å². The van der Waals surface area contributed by atoms with E-state index in [1.807, 2.05) is 0 Å². The number of phenols is 4. The summed E-state index contributed by atoms with van der Waals surface area (Å²) in [6, 6.07) is 4.39. The number of aliphatic hydroxyl groups is 7. The molecule has 8 aliphatic rings. The van der Waals surface area contributed by atoms with Crippen molar-refractivity contribution in [3.8, 4) is 80.1 Å². The first-order chi connectivity index (χ1) is 57.3. The molecule has 21 N–H and O–H groups in total. The number of nitrogens with one attached hydrogen (secondary N) is 8. The summed E-state index contributed by atoms with van der Waals surface area (Å²) in [7, 11) is 1.42. The largest absolute Gasteiger partial charge is 0.508 e. The van der Waals surface area contributed by atoms with Crippen LogP contribution in [-0.4, -0.2) is 207 Å². The quantitative estimate of drug-likeness (QED) is 0.0580. The van der Waals surface area contributed by atoms with Crippen molar-refractivity contribution in [1.29, 1.82) is 0 Å². The predicted octanol–water partition coefficient (Wildman–Crippen LogP) is 3.55. The third-order valence-corrected chi connectivity index (χ3v) is 21.9. The Labute approximate surface area is 691 Å². The van der Waals surface area contributed by atoms with E-state index in [2.05, 4.69) is 49.5 Å². The van der Waals surface area contributed by atoms with Gasteiger partial charge in [-0.05, 0) is 114 Å². The van der Waals surface area contributed by atoms with Gasteiger partial charge in [0.25, 0.3) is 0 Å². The molecule has 0 aromatic heterocycles. The molecule has 0 aliphatic carbocycles. The number of phenolic OH excluding ortho intramolecular Hbond substituents is 4. The summed E-state index contributed by atoms with van der Waals surface area (Å²) in [6.45, 7) is 1.07. The van der Waals surface area contributed by atoms with E-state index in [-0.39, 0.29) is 40.4 Å². The van der Waals surface area contributed by atoms with Crippen molar-refractivity contribution >= 4 is 76.5 Å². The summed E-state index contributed by atoms with van der Waals surface area (Å²) in [5, 5.41) is 167. The maximum absolute atomic E-state index is 16.6. The Balaban J connectivity index is 1.05. The lowest BCUT2D eigenvalue weighted by Gasteiger charge is -2.41. The SMILES string of the molecule is CCCCCCCCCC(=O)N[C@H]1[C@H](Oc2c3cc4cc2Oc2ccc(cc2Cl)[C@@H](O)[C@@H]2NC(=O)[C@H](NC(=O)[C@@H]4NC(=O)[C@H]4NC(=O)[C@@H](Cc5ccc(cc5)O3)NC(=O)[C@H](NC)c3ccc(O)c(c3)Oc3cc(O)c(Cl)c4c3)c3ccc(O)c(c3)-c3c(O[C@H]4O[C@H](CO)[C@@H](O)[C@H](O)[C@@H]4O)cc(O)cc3[C@@H](C(=O)O)NC2=O)O[C@H](C(=O)O)[C@@H](O)[C@@H]1O. The molecule has 15 rings (SSSR count). The van der Waals surface area contributed by atoms with Crippen LogP contribution in [-0.2, 0) is 59.0 Å². The Morgan fingerprint density at radius 2 is 1.17 bits per heavy atom. The second-order valence-electron chi connectivity index (χ2n) is 29.4. The molecule has 0 unspecified atom stereocenters. The highest BCUT2D eigenvalue weighted by atomic mass is 35.5. The number of benzene rings is 7. The lowest BCUT2D eigenvalue weighted by atomic mass is 9.89. The Bertz CT molecular complexity index is 5140. The van der Waals surface area contributed by atoms with E-state index < -0.39 is 271 Å². The number of carboxylic acid groups (broad SMARTS) is 2. The molecule has 39 heteroatoms. The van der Waals surface area contributed by atoms with Crippen LogP contribution in [0, 0.1) is 0 Å². The number of hydrogen-bond donors (Lipinski definition) is 21. The molecule has 2 fully saturated rings. The van der Waals surface area contributed by atoms with Crippen molar-refractivity contribution in [1.82, 2.24) is 42.5 Å².